The van der Waals surface area contributed by atoms with Crippen molar-refractivity contribution in [1.82, 2.24) is 5.32 Å². The van der Waals surface area contributed by atoms with Crippen LogP contribution in [0.3, 0.4) is 0 Å². The fourth-order valence-electron chi connectivity index (χ4n) is 1.26. The van der Waals surface area contributed by atoms with Gasteiger partial charge in [-0.2, -0.15) is 8.78 Å². The molecule has 94 valence electrons. The largest absolute Gasteiger partial charge is 0.497 e. The molecule has 0 bridgehead atoms. The molecule has 0 aliphatic carbocycles. The summed E-state index contributed by atoms with van der Waals surface area (Å²) >= 11 is 0. The van der Waals surface area contributed by atoms with Crippen molar-refractivity contribution in [2.75, 3.05) is 14.2 Å². The third-order valence-electron chi connectivity index (χ3n) is 2.15. The van der Waals surface area contributed by atoms with E-state index < -0.39 is 12.3 Å². The van der Waals surface area contributed by atoms with Crippen molar-refractivity contribution >= 4 is 5.91 Å². The van der Waals surface area contributed by atoms with E-state index in [-0.39, 0.29) is 6.54 Å². The Hall–Kier alpha value is -1.85. The van der Waals surface area contributed by atoms with Gasteiger partial charge in [-0.25, -0.2) is 0 Å². The van der Waals surface area contributed by atoms with Gasteiger partial charge < -0.3 is 14.8 Å². The van der Waals surface area contributed by atoms with Gasteiger partial charge in [-0.3, -0.25) is 4.79 Å². The summed E-state index contributed by atoms with van der Waals surface area (Å²) in [5, 5.41) is 2.10. The zero-order valence-corrected chi connectivity index (χ0v) is 9.50. The molecule has 1 aromatic carbocycles. The molecule has 0 unspecified atom stereocenters. The van der Waals surface area contributed by atoms with Crippen molar-refractivity contribution in [2.24, 2.45) is 0 Å². The highest BCUT2D eigenvalue weighted by Gasteiger charge is 2.15. The zero-order chi connectivity index (χ0) is 12.8. The van der Waals surface area contributed by atoms with Crippen LogP contribution in [0.4, 0.5) is 8.78 Å². The monoisotopic (exact) mass is 245 g/mol. The maximum absolute atomic E-state index is 12.0. The van der Waals surface area contributed by atoms with Crippen LogP contribution in [0.1, 0.15) is 5.56 Å². The van der Waals surface area contributed by atoms with Crippen LogP contribution in [0.5, 0.6) is 11.5 Å². The number of amides is 1. The maximum Gasteiger partial charge on any atom is 0.315 e. The Morgan fingerprint density at radius 1 is 1.35 bits per heavy atom. The number of carbonyl (C=O) groups excluding carboxylic acids is 1. The van der Waals surface area contributed by atoms with Crippen LogP contribution in [0.25, 0.3) is 0 Å². The molecule has 0 aliphatic rings. The summed E-state index contributed by atoms with van der Waals surface area (Å²) in [6.45, 7) is -0.0175. The Balaban J connectivity index is 2.74. The molecule has 0 saturated heterocycles. The second kappa shape index (κ2) is 6.03. The number of carbonyl (C=O) groups is 1. The van der Waals surface area contributed by atoms with Gasteiger partial charge in [-0.1, -0.05) is 0 Å². The minimum atomic E-state index is -3.01. The lowest BCUT2D eigenvalue weighted by molar-refractivity contribution is -0.131. The van der Waals surface area contributed by atoms with Crippen LogP contribution < -0.4 is 14.8 Å². The first-order valence-corrected chi connectivity index (χ1v) is 4.85. The smallest absolute Gasteiger partial charge is 0.315 e. The Bertz CT molecular complexity index is 396. The summed E-state index contributed by atoms with van der Waals surface area (Å²) in [4.78, 5) is 10.7. The predicted octanol–water partition coefficient (Wildman–Crippen LogP) is 1.59. The van der Waals surface area contributed by atoms with E-state index in [1.54, 1.807) is 18.2 Å². The van der Waals surface area contributed by atoms with Crippen molar-refractivity contribution in [1.29, 1.82) is 0 Å². The lowest BCUT2D eigenvalue weighted by Crippen LogP contribution is -2.29. The summed E-state index contributed by atoms with van der Waals surface area (Å²) in [6.07, 6.45) is -3.01. The Kier molecular flexibility index (Phi) is 4.68. The lowest BCUT2D eigenvalue weighted by Gasteiger charge is -2.11. The molecule has 0 saturated carbocycles. The average Bonchev–Trinajstić information content (AvgIpc) is 2.35. The van der Waals surface area contributed by atoms with E-state index in [0.717, 1.165) is 0 Å². The first kappa shape index (κ1) is 13.2. The molecule has 17 heavy (non-hydrogen) atoms. The van der Waals surface area contributed by atoms with E-state index >= 15 is 0 Å². The van der Waals surface area contributed by atoms with E-state index in [0.29, 0.717) is 17.1 Å². The normalized spacial score (nSPS) is 10.2. The van der Waals surface area contributed by atoms with E-state index in [1.807, 2.05) is 0 Å². The van der Waals surface area contributed by atoms with Crippen molar-refractivity contribution in [3.63, 3.8) is 0 Å². The standard InChI is InChI=1S/C11H13F2NO3/c1-16-8-4-3-7(9(5-8)17-2)6-14-11(15)10(12)13/h3-5,10H,6H2,1-2H3,(H,14,15). The summed E-state index contributed by atoms with van der Waals surface area (Å²) in [6, 6.07) is 4.92. The molecule has 0 aromatic heterocycles. The minimum Gasteiger partial charge on any atom is -0.497 e. The van der Waals surface area contributed by atoms with Crippen LogP contribution in [-0.4, -0.2) is 26.6 Å². The molecule has 4 nitrogen and oxygen atoms in total. The van der Waals surface area contributed by atoms with Gasteiger partial charge in [-0.15, -0.1) is 0 Å². The summed E-state index contributed by atoms with van der Waals surface area (Å²) in [5.41, 5.74) is 0.599. The SMILES string of the molecule is COc1ccc(CNC(=O)C(F)F)c(OC)c1. The molecule has 0 heterocycles. The van der Waals surface area contributed by atoms with Crippen molar-refractivity contribution < 1.29 is 23.0 Å². The Labute approximate surface area is 97.5 Å². The van der Waals surface area contributed by atoms with Crippen LogP contribution >= 0.6 is 0 Å². The molecule has 6 heteroatoms. The van der Waals surface area contributed by atoms with Crippen LogP contribution in [0, 0.1) is 0 Å². The summed E-state index contributed by atoms with van der Waals surface area (Å²) in [5.74, 6) is -0.243. The van der Waals surface area contributed by atoms with Gasteiger partial charge in [0.2, 0.25) is 0 Å². The number of halogens is 2. The highest BCUT2D eigenvalue weighted by atomic mass is 19.3. The number of methoxy groups -OCH3 is 2. The van der Waals surface area contributed by atoms with Crippen LogP contribution in [-0.2, 0) is 11.3 Å². The summed E-state index contributed by atoms with van der Waals surface area (Å²) in [7, 11) is 2.96. The molecular weight excluding hydrogens is 232 g/mol. The molecule has 1 aromatic rings. The van der Waals surface area contributed by atoms with Gasteiger partial charge in [0.1, 0.15) is 11.5 Å². The maximum atomic E-state index is 12.0. The molecular formula is C11H13F2NO3. The van der Waals surface area contributed by atoms with Gasteiger partial charge in [0.15, 0.2) is 0 Å². The number of hydrogen-bond acceptors (Lipinski definition) is 3. The van der Waals surface area contributed by atoms with Crippen LogP contribution in [0.15, 0.2) is 18.2 Å². The van der Waals surface area contributed by atoms with E-state index in [4.69, 9.17) is 9.47 Å². The predicted molar refractivity (Wildman–Crippen MR) is 57.4 cm³/mol. The number of alkyl halides is 2. The zero-order valence-electron chi connectivity index (χ0n) is 9.50. The van der Waals surface area contributed by atoms with Crippen LogP contribution in [0.2, 0.25) is 0 Å². The molecule has 0 spiro atoms. The van der Waals surface area contributed by atoms with Crippen molar-refractivity contribution in [2.45, 2.75) is 13.0 Å². The highest BCUT2D eigenvalue weighted by molar-refractivity contribution is 5.79. The van der Waals surface area contributed by atoms with Gasteiger partial charge in [0.05, 0.1) is 14.2 Å². The van der Waals surface area contributed by atoms with Crippen molar-refractivity contribution in [3.05, 3.63) is 23.8 Å². The third-order valence-corrected chi connectivity index (χ3v) is 2.15. The molecule has 1 amide bonds. The van der Waals surface area contributed by atoms with Gasteiger partial charge in [0, 0.05) is 18.2 Å². The highest BCUT2D eigenvalue weighted by Crippen LogP contribution is 2.24. The van der Waals surface area contributed by atoms with Crippen molar-refractivity contribution in [3.8, 4) is 11.5 Å². The molecule has 0 atom stereocenters. The molecule has 0 aliphatic heterocycles. The quantitative estimate of drug-likeness (QED) is 0.856. The second-order valence-electron chi connectivity index (χ2n) is 3.20. The Morgan fingerprint density at radius 3 is 2.59 bits per heavy atom. The molecule has 1 N–H and O–H groups in total. The first-order chi connectivity index (χ1) is 8.08. The number of nitrogens with one attached hydrogen (secondary N) is 1. The number of benzene rings is 1. The minimum absolute atomic E-state index is 0.0175. The van der Waals surface area contributed by atoms with Gasteiger partial charge >= 0.3 is 6.43 Å². The number of ether oxygens (including phenoxy) is 2. The molecule has 0 fully saturated rings. The first-order valence-electron chi connectivity index (χ1n) is 4.85. The van der Waals surface area contributed by atoms with E-state index in [2.05, 4.69) is 5.32 Å². The fourth-order valence-corrected chi connectivity index (χ4v) is 1.26. The van der Waals surface area contributed by atoms with E-state index in [9.17, 15) is 13.6 Å². The number of hydrogen-bond donors (Lipinski definition) is 1. The second-order valence-corrected chi connectivity index (χ2v) is 3.20. The topological polar surface area (TPSA) is 47.6 Å². The molecule has 1 rings (SSSR count). The Morgan fingerprint density at radius 2 is 2.06 bits per heavy atom. The van der Waals surface area contributed by atoms with Gasteiger partial charge in [0.25, 0.3) is 5.91 Å². The lowest BCUT2D eigenvalue weighted by atomic mass is 10.2. The fraction of sp³-hybridized carbons (Fsp3) is 0.364. The van der Waals surface area contributed by atoms with E-state index in [1.165, 1.54) is 14.2 Å². The third kappa shape index (κ3) is 3.58. The number of rotatable bonds is 5. The molecule has 0 radical (unpaired) electrons. The average molecular weight is 245 g/mol. The summed E-state index contributed by atoms with van der Waals surface area (Å²) < 4.78 is 34.0. The van der Waals surface area contributed by atoms with Gasteiger partial charge in [-0.05, 0) is 12.1 Å².